The van der Waals surface area contributed by atoms with Crippen LogP contribution in [-0.4, -0.2) is 14.8 Å². The molecule has 0 fully saturated rings. The van der Waals surface area contributed by atoms with Gasteiger partial charge in [-0.2, -0.15) is 0 Å². The molecular weight excluding hydrogens is 258 g/mol. The Balaban J connectivity index is 1.88. The van der Waals surface area contributed by atoms with E-state index in [1.165, 1.54) is 11.1 Å². The molecular formula is C15H18ClN3. The van der Waals surface area contributed by atoms with Gasteiger partial charge in [-0.05, 0) is 29.1 Å². The first-order valence-electron chi connectivity index (χ1n) is 6.64. The maximum atomic E-state index is 6.19. The zero-order valence-corrected chi connectivity index (χ0v) is 12.3. The number of fused-ring (bicyclic) bond motifs is 1. The minimum Gasteiger partial charge on any atom is -0.301 e. The Labute approximate surface area is 118 Å². The molecule has 1 aromatic heterocycles. The predicted octanol–water partition coefficient (Wildman–Crippen LogP) is 3.57. The van der Waals surface area contributed by atoms with Crippen LogP contribution in [0.3, 0.4) is 0 Å². The van der Waals surface area contributed by atoms with Crippen molar-refractivity contribution < 1.29 is 0 Å². The monoisotopic (exact) mass is 275 g/mol. The molecule has 0 spiro atoms. The first kappa shape index (κ1) is 12.7. The third kappa shape index (κ3) is 2.16. The smallest absolute Gasteiger partial charge is 0.225 e. The summed E-state index contributed by atoms with van der Waals surface area (Å²) in [5.74, 6) is 1.49. The Hall–Kier alpha value is -1.35. The average Bonchev–Trinajstić information content (AvgIpc) is 2.67. The molecule has 0 bridgehead atoms. The van der Waals surface area contributed by atoms with Gasteiger partial charge in [0, 0.05) is 17.9 Å². The van der Waals surface area contributed by atoms with Crippen molar-refractivity contribution in [1.29, 1.82) is 0 Å². The Morgan fingerprint density at radius 3 is 2.68 bits per heavy atom. The summed E-state index contributed by atoms with van der Waals surface area (Å²) in [5, 5.41) is 8.76. The number of nitrogens with zero attached hydrogens (tertiary/aromatic N) is 3. The molecule has 0 aliphatic heterocycles. The van der Waals surface area contributed by atoms with Crippen LogP contribution in [0.1, 0.15) is 43.6 Å². The lowest BCUT2D eigenvalue weighted by atomic mass is 9.77. The van der Waals surface area contributed by atoms with Crippen LogP contribution < -0.4 is 0 Å². The molecule has 1 aliphatic rings. The van der Waals surface area contributed by atoms with Gasteiger partial charge in [-0.25, -0.2) is 0 Å². The molecule has 1 heterocycles. The van der Waals surface area contributed by atoms with Gasteiger partial charge in [-0.3, -0.25) is 0 Å². The maximum absolute atomic E-state index is 6.19. The van der Waals surface area contributed by atoms with E-state index >= 15 is 0 Å². The molecule has 0 saturated heterocycles. The van der Waals surface area contributed by atoms with Gasteiger partial charge in [-0.15, -0.1) is 10.2 Å². The van der Waals surface area contributed by atoms with Crippen molar-refractivity contribution in [3.63, 3.8) is 0 Å². The van der Waals surface area contributed by atoms with Gasteiger partial charge < -0.3 is 4.57 Å². The van der Waals surface area contributed by atoms with Crippen LogP contribution in [0.25, 0.3) is 0 Å². The second kappa shape index (κ2) is 4.34. The molecule has 0 amide bonds. The van der Waals surface area contributed by atoms with Crippen molar-refractivity contribution in [3.8, 4) is 0 Å². The number of aromatic nitrogens is 3. The van der Waals surface area contributed by atoms with Gasteiger partial charge in [0.15, 0.2) is 0 Å². The molecule has 0 saturated carbocycles. The fourth-order valence-corrected chi connectivity index (χ4v) is 2.93. The molecule has 4 heteroatoms. The third-order valence-corrected chi connectivity index (χ3v) is 4.02. The second-order valence-corrected chi connectivity index (χ2v) is 6.59. The van der Waals surface area contributed by atoms with Crippen molar-refractivity contribution in [2.24, 2.45) is 0 Å². The summed E-state index contributed by atoms with van der Waals surface area (Å²) in [5.41, 5.74) is 2.85. The molecule has 0 radical (unpaired) electrons. The van der Waals surface area contributed by atoms with Gasteiger partial charge >= 0.3 is 0 Å². The Morgan fingerprint density at radius 2 is 2.00 bits per heavy atom. The van der Waals surface area contributed by atoms with Gasteiger partial charge in [0.1, 0.15) is 5.82 Å². The molecule has 3 rings (SSSR count). The topological polar surface area (TPSA) is 30.7 Å². The van der Waals surface area contributed by atoms with Crippen LogP contribution in [0, 0.1) is 0 Å². The minimum absolute atomic E-state index is 0.0383. The maximum Gasteiger partial charge on any atom is 0.225 e. The van der Waals surface area contributed by atoms with E-state index in [4.69, 9.17) is 11.6 Å². The predicted molar refractivity (Wildman–Crippen MR) is 76.6 cm³/mol. The van der Waals surface area contributed by atoms with Crippen LogP contribution in [-0.2, 0) is 18.4 Å². The van der Waals surface area contributed by atoms with Crippen LogP contribution >= 0.6 is 11.6 Å². The molecule has 100 valence electrons. The number of rotatable bonds is 2. The average molecular weight is 276 g/mol. The Kier molecular flexibility index (Phi) is 2.90. The van der Waals surface area contributed by atoms with Crippen LogP contribution in [0.15, 0.2) is 24.3 Å². The van der Waals surface area contributed by atoms with E-state index in [9.17, 15) is 0 Å². The Bertz CT molecular complexity index is 610. The zero-order valence-electron chi connectivity index (χ0n) is 11.5. The summed E-state index contributed by atoms with van der Waals surface area (Å²) in [6.45, 7) is 7.28. The fraction of sp³-hybridized carbons (Fsp3) is 0.467. The molecule has 0 N–H and O–H groups in total. The molecule has 1 atom stereocenters. The SMILES string of the molecule is CC(C)(C)c1nnc(Cl)n1CC1Cc2ccccc21. The van der Waals surface area contributed by atoms with Crippen molar-refractivity contribution in [1.82, 2.24) is 14.8 Å². The first-order valence-corrected chi connectivity index (χ1v) is 7.01. The summed E-state index contributed by atoms with van der Waals surface area (Å²) in [7, 11) is 0. The standard InChI is InChI=1S/C15H18ClN3/c1-15(2,3)13-17-18-14(16)19(13)9-11-8-10-6-4-5-7-12(10)11/h4-7,11H,8-9H2,1-3H3. The molecule has 1 aliphatic carbocycles. The lowest BCUT2D eigenvalue weighted by Crippen LogP contribution is -2.26. The molecule has 3 nitrogen and oxygen atoms in total. The van der Waals surface area contributed by atoms with Gasteiger partial charge in [-0.1, -0.05) is 45.0 Å². The normalized spacial score (nSPS) is 18.0. The number of hydrogen-bond donors (Lipinski definition) is 0. The molecule has 1 aromatic carbocycles. The highest BCUT2D eigenvalue weighted by molar-refractivity contribution is 6.28. The van der Waals surface area contributed by atoms with Crippen LogP contribution in [0.4, 0.5) is 0 Å². The zero-order chi connectivity index (χ0) is 13.6. The summed E-state index contributed by atoms with van der Waals surface area (Å²) in [4.78, 5) is 0. The molecule has 2 aromatic rings. The largest absolute Gasteiger partial charge is 0.301 e. The van der Waals surface area contributed by atoms with Crippen LogP contribution in [0.2, 0.25) is 5.28 Å². The van der Waals surface area contributed by atoms with E-state index in [0.29, 0.717) is 11.2 Å². The number of halogens is 1. The highest BCUT2D eigenvalue weighted by atomic mass is 35.5. The summed E-state index contributed by atoms with van der Waals surface area (Å²) < 4.78 is 2.06. The van der Waals surface area contributed by atoms with Crippen LogP contribution in [0.5, 0.6) is 0 Å². The summed E-state index contributed by atoms with van der Waals surface area (Å²) >= 11 is 6.19. The minimum atomic E-state index is -0.0383. The lowest BCUT2D eigenvalue weighted by Gasteiger charge is -2.31. The van der Waals surface area contributed by atoms with E-state index in [0.717, 1.165) is 18.8 Å². The lowest BCUT2D eigenvalue weighted by molar-refractivity contribution is 0.448. The van der Waals surface area contributed by atoms with Crippen molar-refractivity contribution in [3.05, 3.63) is 46.5 Å². The summed E-state index contributed by atoms with van der Waals surface area (Å²) in [6.07, 6.45) is 1.12. The summed E-state index contributed by atoms with van der Waals surface area (Å²) in [6, 6.07) is 8.60. The van der Waals surface area contributed by atoms with Gasteiger partial charge in [0.25, 0.3) is 0 Å². The number of hydrogen-bond acceptors (Lipinski definition) is 2. The van der Waals surface area contributed by atoms with E-state index in [1.807, 2.05) is 0 Å². The van der Waals surface area contributed by atoms with Crippen molar-refractivity contribution in [2.45, 2.75) is 45.1 Å². The van der Waals surface area contributed by atoms with E-state index in [-0.39, 0.29) is 5.41 Å². The Morgan fingerprint density at radius 1 is 1.26 bits per heavy atom. The fourth-order valence-electron chi connectivity index (χ4n) is 2.75. The first-order chi connectivity index (χ1) is 8.97. The van der Waals surface area contributed by atoms with E-state index in [1.54, 1.807) is 0 Å². The van der Waals surface area contributed by atoms with E-state index in [2.05, 4.69) is 59.8 Å². The third-order valence-electron chi connectivity index (χ3n) is 3.74. The highest BCUT2D eigenvalue weighted by Gasteiger charge is 2.30. The van der Waals surface area contributed by atoms with E-state index < -0.39 is 0 Å². The quantitative estimate of drug-likeness (QED) is 0.839. The second-order valence-electron chi connectivity index (χ2n) is 6.25. The van der Waals surface area contributed by atoms with Crippen molar-refractivity contribution in [2.75, 3.05) is 0 Å². The number of benzene rings is 1. The van der Waals surface area contributed by atoms with Crippen molar-refractivity contribution >= 4 is 11.6 Å². The highest BCUT2D eigenvalue weighted by Crippen LogP contribution is 2.37. The van der Waals surface area contributed by atoms with Gasteiger partial charge in [0.2, 0.25) is 5.28 Å². The molecule has 1 unspecified atom stereocenters. The van der Waals surface area contributed by atoms with Gasteiger partial charge in [0.05, 0.1) is 0 Å². The molecule has 19 heavy (non-hydrogen) atoms.